The van der Waals surface area contributed by atoms with E-state index in [0.717, 1.165) is 16.5 Å². The first-order valence-electron chi connectivity index (χ1n) is 4.89. The number of benzene rings is 1. The van der Waals surface area contributed by atoms with E-state index in [9.17, 15) is 0 Å². The van der Waals surface area contributed by atoms with E-state index in [-0.39, 0.29) is 0 Å². The maximum absolute atomic E-state index is 6.14. The summed E-state index contributed by atoms with van der Waals surface area (Å²) in [4.78, 5) is 8.76. The smallest absolute Gasteiger partial charge is 0.162 e. The van der Waals surface area contributed by atoms with Gasteiger partial charge in [-0.15, -0.1) is 0 Å². The zero-order valence-electron chi connectivity index (χ0n) is 8.52. The van der Waals surface area contributed by atoms with Crippen molar-refractivity contribution in [1.82, 2.24) is 9.97 Å². The van der Waals surface area contributed by atoms with Crippen molar-refractivity contribution in [3.05, 3.63) is 45.2 Å². The number of hydrogen-bond acceptors (Lipinski definition) is 3. The number of aromatic nitrogens is 2. The number of halogens is 2. The van der Waals surface area contributed by atoms with Crippen LogP contribution >= 0.6 is 34.5 Å². The molecule has 0 fully saturated rings. The highest BCUT2D eigenvalue weighted by molar-refractivity contribution is 7.08. The third-order valence-electron chi connectivity index (χ3n) is 2.39. The monoisotopic (exact) mass is 280 g/mol. The van der Waals surface area contributed by atoms with Gasteiger partial charge in [0.1, 0.15) is 5.15 Å². The fourth-order valence-electron chi connectivity index (χ4n) is 1.58. The van der Waals surface area contributed by atoms with Crippen LogP contribution in [0.3, 0.4) is 0 Å². The summed E-state index contributed by atoms with van der Waals surface area (Å²) in [6.07, 6.45) is 0. The Morgan fingerprint density at radius 1 is 1.06 bits per heavy atom. The minimum Gasteiger partial charge on any atom is -0.228 e. The van der Waals surface area contributed by atoms with Crippen LogP contribution < -0.4 is 0 Å². The Balaban J connectivity index is 2.29. The Labute approximate surface area is 112 Å². The van der Waals surface area contributed by atoms with E-state index in [1.165, 1.54) is 0 Å². The molecule has 0 saturated heterocycles. The zero-order valence-corrected chi connectivity index (χ0v) is 10.9. The molecule has 0 bridgehead atoms. The summed E-state index contributed by atoms with van der Waals surface area (Å²) in [6.45, 7) is 0. The summed E-state index contributed by atoms with van der Waals surface area (Å²) < 4.78 is 0. The van der Waals surface area contributed by atoms with Gasteiger partial charge in [-0.25, -0.2) is 9.97 Å². The Bertz CT molecular complexity index is 680. The Morgan fingerprint density at radius 3 is 2.71 bits per heavy atom. The van der Waals surface area contributed by atoms with Crippen molar-refractivity contribution >= 4 is 45.4 Å². The van der Waals surface area contributed by atoms with Gasteiger partial charge in [0, 0.05) is 21.4 Å². The van der Waals surface area contributed by atoms with E-state index >= 15 is 0 Å². The van der Waals surface area contributed by atoms with Crippen LogP contribution in [0.25, 0.3) is 22.3 Å². The lowest BCUT2D eigenvalue weighted by molar-refractivity contribution is 1.23. The highest BCUT2D eigenvalue weighted by atomic mass is 35.5. The predicted molar refractivity (Wildman–Crippen MR) is 72.9 cm³/mol. The molecule has 3 rings (SSSR count). The summed E-state index contributed by atoms with van der Waals surface area (Å²) in [7, 11) is 0. The van der Waals surface area contributed by atoms with Crippen molar-refractivity contribution < 1.29 is 0 Å². The Kier molecular flexibility index (Phi) is 2.74. The molecule has 0 unspecified atom stereocenters. The first-order chi connectivity index (χ1) is 8.24. The summed E-state index contributed by atoms with van der Waals surface area (Å²) in [5, 5.41) is 5.88. The van der Waals surface area contributed by atoms with Gasteiger partial charge in [0.2, 0.25) is 0 Å². The predicted octanol–water partition coefficient (Wildman–Crippen LogP) is 4.67. The molecule has 84 valence electrons. The second kappa shape index (κ2) is 4.26. The quantitative estimate of drug-likeness (QED) is 0.606. The Morgan fingerprint density at radius 2 is 1.94 bits per heavy atom. The van der Waals surface area contributed by atoms with Crippen molar-refractivity contribution in [2.45, 2.75) is 0 Å². The molecular formula is C12H6Cl2N2S. The fourth-order valence-corrected chi connectivity index (χ4v) is 2.63. The van der Waals surface area contributed by atoms with Gasteiger partial charge in [0.05, 0.1) is 5.52 Å². The third-order valence-corrected chi connectivity index (χ3v) is 3.60. The molecule has 2 aromatic heterocycles. The molecule has 0 saturated carbocycles. The van der Waals surface area contributed by atoms with E-state index in [4.69, 9.17) is 23.2 Å². The molecule has 1 aromatic carbocycles. The molecule has 0 aliphatic carbocycles. The molecule has 0 N–H and O–H groups in total. The van der Waals surface area contributed by atoms with Crippen LogP contribution in [0.4, 0.5) is 0 Å². The summed E-state index contributed by atoms with van der Waals surface area (Å²) in [5.41, 5.74) is 1.73. The second-order valence-electron chi connectivity index (χ2n) is 3.51. The summed E-state index contributed by atoms with van der Waals surface area (Å²) in [6, 6.07) is 7.37. The number of nitrogens with zero attached hydrogens (tertiary/aromatic N) is 2. The van der Waals surface area contributed by atoms with Gasteiger partial charge in [0.15, 0.2) is 5.82 Å². The lowest BCUT2D eigenvalue weighted by atomic mass is 10.2. The standard InChI is InChI=1S/C12H6Cl2N2S/c13-8-1-2-9-10(5-8)15-12(16-11(9)14)7-3-4-17-6-7/h1-6H. The zero-order chi connectivity index (χ0) is 11.8. The van der Waals surface area contributed by atoms with Crippen LogP contribution in [0, 0.1) is 0 Å². The van der Waals surface area contributed by atoms with Gasteiger partial charge in [0.25, 0.3) is 0 Å². The van der Waals surface area contributed by atoms with Crippen LogP contribution in [0.15, 0.2) is 35.0 Å². The molecule has 2 nitrogen and oxygen atoms in total. The number of hydrogen-bond donors (Lipinski definition) is 0. The van der Waals surface area contributed by atoms with Gasteiger partial charge in [-0.3, -0.25) is 0 Å². The maximum Gasteiger partial charge on any atom is 0.162 e. The largest absolute Gasteiger partial charge is 0.228 e. The molecule has 0 atom stereocenters. The average Bonchev–Trinajstić information content (AvgIpc) is 2.81. The second-order valence-corrected chi connectivity index (χ2v) is 5.09. The van der Waals surface area contributed by atoms with Crippen molar-refractivity contribution in [2.75, 3.05) is 0 Å². The minimum atomic E-state index is 0.452. The number of thiophene rings is 1. The van der Waals surface area contributed by atoms with E-state index in [1.54, 1.807) is 23.5 Å². The SMILES string of the molecule is Clc1ccc2c(Cl)nc(-c3ccsc3)nc2c1. The number of rotatable bonds is 1. The minimum absolute atomic E-state index is 0.452. The van der Waals surface area contributed by atoms with Crippen LogP contribution in [0.5, 0.6) is 0 Å². The van der Waals surface area contributed by atoms with Crippen LogP contribution in [0.1, 0.15) is 0 Å². The van der Waals surface area contributed by atoms with Crippen LogP contribution in [-0.4, -0.2) is 9.97 Å². The number of fused-ring (bicyclic) bond motifs is 1. The van der Waals surface area contributed by atoms with Crippen LogP contribution in [0.2, 0.25) is 10.2 Å². The van der Waals surface area contributed by atoms with Gasteiger partial charge in [-0.1, -0.05) is 23.2 Å². The lowest BCUT2D eigenvalue weighted by Gasteiger charge is -2.03. The molecule has 3 aromatic rings. The van der Waals surface area contributed by atoms with Crippen molar-refractivity contribution in [1.29, 1.82) is 0 Å². The summed E-state index contributed by atoms with van der Waals surface area (Å²) in [5.74, 6) is 0.631. The van der Waals surface area contributed by atoms with E-state index in [1.807, 2.05) is 22.9 Å². The van der Waals surface area contributed by atoms with Crippen molar-refractivity contribution in [2.24, 2.45) is 0 Å². The average molecular weight is 281 g/mol. The molecule has 17 heavy (non-hydrogen) atoms. The molecule has 0 aliphatic heterocycles. The summed E-state index contributed by atoms with van der Waals surface area (Å²) >= 11 is 13.7. The highest BCUT2D eigenvalue weighted by Crippen LogP contribution is 2.27. The normalized spacial score (nSPS) is 10.9. The molecule has 5 heteroatoms. The molecule has 2 heterocycles. The van der Waals surface area contributed by atoms with Gasteiger partial charge in [-0.2, -0.15) is 11.3 Å². The molecule has 0 amide bonds. The van der Waals surface area contributed by atoms with E-state index in [2.05, 4.69) is 9.97 Å². The molecular weight excluding hydrogens is 275 g/mol. The fraction of sp³-hybridized carbons (Fsp3) is 0. The highest BCUT2D eigenvalue weighted by Gasteiger charge is 2.08. The molecule has 0 aliphatic rings. The van der Waals surface area contributed by atoms with Gasteiger partial charge in [-0.05, 0) is 29.6 Å². The first kappa shape index (κ1) is 11.0. The van der Waals surface area contributed by atoms with Crippen molar-refractivity contribution in [3.8, 4) is 11.4 Å². The lowest BCUT2D eigenvalue weighted by Crippen LogP contribution is -1.90. The van der Waals surface area contributed by atoms with Gasteiger partial charge >= 0.3 is 0 Å². The van der Waals surface area contributed by atoms with Gasteiger partial charge < -0.3 is 0 Å². The van der Waals surface area contributed by atoms with Crippen molar-refractivity contribution in [3.63, 3.8) is 0 Å². The Hall–Kier alpha value is -1.16. The third kappa shape index (κ3) is 2.02. The van der Waals surface area contributed by atoms with E-state index in [0.29, 0.717) is 16.0 Å². The topological polar surface area (TPSA) is 25.8 Å². The van der Waals surface area contributed by atoms with Crippen LogP contribution in [-0.2, 0) is 0 Å². The molecule has 0 radical (unpaired) electrons. The maximum atomic E-state index is 6.14. The first-order valence-corrected chi connectivity index (χ1v) is 6.59. The van der Waals surface area contributed by atoms with E-state index < -0.39 is 0 Å². The molecule has 0 spiro atoms.